The van der Waals surface area contributed by atoms with Crippen molar-refractivity contribution in [3.63, 3.8) is 0 Å². The fraction of sp³-hybridized carbons (Fsp3) is 0.250. The van der Waals surface area contributed by atoms with E-state index in [0.717, 1.165) is 37.7 Å². The van der Waals surface area contributed by atoms with Crippen LogP contribution in [0.25, 0.3) is 33.2 Å². The van der Waals surface area contributed by atoms with Crippen LogP contribution in [0.5, 0.6) is 0 Å². The first kappa shape index (κ1) is 23.0. The van der Waals surface area contributed by atoms with Gasteiger partial charge in [0.2, 0.25) is 0 Å². The molecule has 0 atom stereocenters. The molecule has 1 aliphatic carbocycles. The molecule has 1 fully saturated rings. The van der Waals surface area contributed by atoms with Gasteiger partial charge in [-0.2, -0.15) is 0 Å². The van der Waals surface area contributed by atoms with Crippen LogP contribution in [-0.4, -0.2) is 15.0 Å². The SMILES string of the molecule is Cc1ccc2c(oc3c([Se]c4ccc(C5CCCCC5)cc4)c(C#N)ccc32)c1-c1cccc[n+]1C. The molecule has 1 saturated carbocycles. The van der Waals surface area contributed by atoms with Crippen LogP contribution in [0.15, 0.2) is 77.3 Å². The predicted molar refractivity (Wildman–Crippen MR) is 147 cm³/mol. The van der Waals surface area contributed by atoms with Gasteiger partial charge in [0.25, 0.3) is 0 Å². The van der Waals surface area contributed by atoms with Crippen molar-refractivity contribution in [3.8, 4) is 17.3 Å². The van der Waals surface area contributed by atoms with E-state index >= 15 is 0 Å². The standard InChI is InChI=1S/C32H29N2OSe/c1-21-11-17-26-27-18-14-24(20-33)32(31(27)35-30(26)29(21)28-10-6-7-19-34(28)2)36-25-15-12-23(13-16-25)22-8-4-3-5-9-22/h6-7,10-19,22H,3-5,8-9H2,1-2H3/q+1. The fourth-order valence-corrected chi connectivity index (χ4v) is 7.68. The molecule has 1 aliphatic rings. The second kappa shape index (κ2) is 9.58. The van der Waals surface area contributed by atoms with Crippen LogP contribution >= 0.6 is 0 Å². The summed E-state index contributed by atoms with van der Waals surface area (Å²) in [6, 6.07) is 26.2. The van der Waals surface area contributed by atoms with E-state index in [1.807, 2.05) is 12.1 Å². The molecule has 0 spiro atoms. The molecule has 0 aliphatic heterocycles. The molecule has 3 aromatic carbocycles. The van der Waals surface area contributed by atoms with E-state index in [-0.39, 0.29) is 15.0 Å². The number of benzene rings is 3. The van der Waals surface area contributed by atoms with Crippen LogP contribution < -0.4 is 13.5 Å². The van der Waals surface area contributed by atoms with Gasteiger partial charge >= 0.3 is 219 Å². The van der Waals surface area contributed by atoms with E-state index in [9.17, 15) is 5.26 Å². The molecule has 0 radical (unpaired) electrons. The first-order valence-electron chi connectivity index (χ1n) is 12.8. The molecule has 3 nitrogen and oxygen atoms in total. The minimum absolute atomic E-state index is 0.0316. The molecule has 36 heavy (non-hydrogen) atoms. The van der Waals surface area contributed by atoms with Gasteiger partial charge in [-0.05, 0) is 0 Å². The Morgan fingerprint density at radius 2 is 1.64 bits per heavy atom. The van der Waals surface area contributed by atoms with Crippen molar-refractivity contribution >= 4 is 45.8 Å². The second-order valence-corrected chi connectivity index (χ2v) is 12.1. The molecule has 2 aromatic heterocycles. The molecular formula is C32H29N2OSe+. The zero-order valence-electron chi connectivity index (χ0n) is 20.8. The molecule has 0 bridgehead atoms. The van der Waals surface area contributed by atoms with Gasteiger partial charge in [0, 0.05) is 0 Å². The first-order valence-corrected chi connectivity index (χ1v) is 14.5. The van der Waals surface area contributed by atoms with E-state index in [1.165, 1.54) is 47.7 Å². The maximum absolute atomic E-state index is 9.97. The summed E-state index contributed by atoms with van der Waals surface area (Å²) >= 11 is -0.0316. The summed E-state index contributed by atoms with van der Waals surface area (Å²) in [6.07, 6.45) is 8.75. The normalized spacial score (nSPS) is 14.4. The van der Waals surface area contributed by atoms with Crippen LogP contribution in [-0.2, 0) is 7.05 Å². The maximum atomic E-state index is 9.97. The summed E-state index contributed by atoms with van der Waals surface area (Å²) in [7, 11) is 2.07. The summed E-state index contributed by atoms with van der Waals surface area (Å²) in [5, 5.41) is 12.2. The Morgan fingerprint density at radius 1 is 0.889 bits per heavy atom. The van der Waals surface area contributed by atoms with Crippen molar-refractivity contribution in [2.45, 2.75) is 44.9 Å². The van der Waals surface area contributed by atoms with E-state index in [2.05, 4.69) is 85.4 Å². The van der Waals surface area contributed by atoms with Crippen molar-refractivity contribution < 1.29 is 8.98 Å². The number of nitrogens with zero attached hydrogens (tertiary/aromatic N) is 2. The van der Waals surface area contributed by atoms with E-state index in [4.69, 9.17) is 4.42 Å². The van der Waals surface area contributed by atoms with Gasteiger partial charge in [-0.1, -0.05) is 0 Å². The van der Waals surface area contributed by atoms with Gasteiger partial charge < -0.3 is 0 Å². The summed E-state index contributed by atoms with van der Waals surface area (Å²) < 4.78 is 11.1. The Bertz CT molecular complexity index is 1620. The molecular weight excluding hydrogens is 507 g/mol. The predicted octanol–water partition coefficient (Wildman–Crippen LogP) is 5.96. The van der Waals surface area contributed by atoms with Crippen LogP contribution in [0.1, 0.15) is 54.7 Å². The summed E-state index contributed by atoms with van der Waals surface area (Å²) in [5.74, 6) is 0.703. The van der Waals surface area contributed by atoms with Gasteiger partial charge in [0.15, 0.2) is 0 Å². The summed E-state index contributed by atoms with van der Waals surface area (Å²) in [4.78, 5) is 0. The van der Waals surface area contributed by atoms with Crippen LogP contribution in [0.4, 0.5) is 0 Å². The van der Waals surface area contributed by atoms with Gasteiger partial charge in [0.1, 0.15) is 0 Å². The molecule has 0 saturated heterocycles. The number of furan rings is 1. The van der Waals surface area contributed by atoms with E-state index < -0.39 is 0 Å². The molecule has 178 valence electrons. The van der Waals surface area contributed by atoms with Gasteiger partial charge in [-0.15, -0.1) is 0 Å². The molecule has 0 N–H and O–H groups in total. The third-order valence-corrected chi connectivity index (χ3v) is 9.92. The Labute approximate surface area is 218 Å². The van der Waals surface area contributed by atoms with Crippen LogP contribution in [0, 0.1) is 18.3 Å². The average Bonchev–Trinajstić information content (AvgIpc) is 3.29. The van der Waals surface area contributed by atoms with Crippen molar-refractivity contribution in [3.05, 3.63) is 89.6 Å². The molecule has 2 heterocycles. The Hall–Kier alpha value is -3.38. The first-order chi connectivity index (χ1) is 17.6. The zero-order chi connectivity index (χ0) is 24.6. The zero-order valence-corrected chi connectivity index (χ0v) is 22.5. The summed E-state index contributed by atoms with van der Waals surface area (Å²) in [6.45, 7) is 2.13. The number of pyridine rings is 1. The summed E-state index contributed by atoms with van der Waals surface area (Å²) in [5.41, 5.74) is 7.33. The van der Waals surface area contributed by atoms with Gasteiger partial charge in [-0.3, -0.25) is 0 Å². The molecule has 5 aromatic rings. The Morgan fingerprint density at radius 3 is 2.39 bits per heavy atom. The third kappa shape index (κ3) is 4.03. The second-order valence-electron chi connectivity index (χ2n) is 9.87. The fourth-order valence-electron chi connectivity index (χ4n) is 5.63. The van der Waals surface area contributed by atoms with Gasteiger partial charge in [0.05, 0.1) is 0 Å². The van der Waals surface area contributed by atoms with Gasteiger partial charge in [-0.25, -0.2) is 0 Å². The monoisotopic (exact) mass is 537 g/mol. The minimum atomic E-state index is -0.0316. The number of hydrogen-bond acceptors (Lipinski definition) is 2. The molecule has 6 rings (SSSR count). The number of fused-ring (bicyclic) bond motifs is 3. The Balaban J connectivity index is 1.47. The van der Waals surface area contributed by atoms with Crippen molar-refractivity contribution in [2.24, 2.45) is 7.05 Å². The van der Waals surface area contributed by atoms with Crippen LogP contribution in [0.3, 0.4) is 0 Å². The number of aryl methyl sites for hydroxylation is 2. The van der Waals surface area contributed by atoms with Crippen molar-refractivity contribution in [1.29, 1.82) is 5.26 Å². The quantitative estimate of drug-likeness (QED) is 0.210. The Kier molecular flexibility index (Phi) is 6.13. The van der Waals surface area contributed by atoms with Crippen molar-refractivity contribution in [2.75, 3.05) is 0 Å². The molecule has 0 amide bonds. The number of hydrogen-bond donors (Lipinski definition) is 0. The van der Waals surface area contributed by atoms with Crippen molar-refractivity contribution in [1.82, 2.24) is 0 Å². The number of nitriles is 1. The van der Waals surface area contributed by atoms with Crippen LogP contribution in [0.2, 0.25) is 0 Å². The van der Waals surface area contributed by atoms with E-state index in [0.29, 0.717) is 11.5 Å². The third-order valence-electron chi connectivity index (χ3n) is 7.58. The average molecular weight is 537 g/mol. The number of rotatable bonds is 4. The topological polar surface area (TPSA) is 40.8 Å². The van der Waals surface area contributed by atoms with E-state index in [1.54, 1.807) is 0 Å². The number of aromatic nitrogens is 1. The molecule has 0 unspecified atom stereocenters. The molecule has 4 heteroatoms.